The molecule has 1 atom stereocenters. The standard InChI is InChI=1S/C22H30N4O3/c1-24(11-9-18-7-8-19(28-2)20(16-18)29-3)17-22(27)26-14-12-25(13-15-26)21-6-4-5-10-23-21/h4-8,10,16H,9,11-15,17H2,1-3H3/p+2. The molecule has 3 rings (SSSR count). The van der Waals surface area contributed by atoms with Crippen LogP contribution in [0.4, 0.5) is 5.82 Å². The van der Waals surface area contributed by atoms with Crippen LogP contribution in [0.2, 0.25) is 0 Å². The lowest BCUT2D eigenvalue weighted by Gasteiger charge is -2.31. The van der Waals surface area contributed by atoms with Crippen molar-refractivity contribution >= 4 is 11.7 Å². The van der Waals surface area contributed by atoms with E-state index in [-0.39, 0.29) is 5.91 Å². The molecule has 29 heavy (non-hydrogen) atoms. The Bertz CT molecular complexity index is 792. The molecule has 2 heterocycles. The van der Waals surface area contributed by atoms with Crippen LogP contribution in [-0.4, -0.2) is 71.3 Å². The first-order valence-corrected chi connectivity index (χ1v) is 10.1. The molecule has 0 spiro atoms. The van der Waals surface area contributed by atoms with Crippen molar-refractivity contribution in [2.45, 2.75) is 6.42 Å². The third-order valence-electron chi connectivity index (χ3n) is 5.41. The Labute approximate surface area is 172 Å². The highest BCUT2D eigenvalue weighted by Gasteiger charge is 2.27. The van der Waals surface area contributed by atoms with Gasteiger partial charge in [0, 0.05) is 12.5 Å². The van der Waals surface area contributed by atoms with E-state index in [4.69, 9.17) is 9.47 Å². The number of hydrogen-bond donors (Lipinski definition) is 1. The van der Waals surface area contributed by atoms with Gasteiger partial charge in [-0.25, -0.2) is 4.98 Å². The van der Waals surface area contributed by atoms with Gasteiger partial charge in [-0.1, -0.05) is 12.1 Å². The number of rotatable bonds is 8. The van der Waals surface area contributed by atoms with Crippen LogP contribution in [0.15, 0.2) is 42.6 Å². The first-order chi connectivity index (χ1) is 14.1. The van der Waals surface area contributed by atoms with Crippen molar-refractivity contribution in [3.63, 3.8) is 0 Å². The minimum atomic E-state index is 0.228. The SMILES string of the molecule is COc1ccc(CC[NH+](C)CC(=O)N2CCN(c3cccc[nH+]3)CC2)cc1OC. The zero-order valence-corrected chi connectivity index (χ0v) is 17.6. The van der Waals surface area contributed by atoms with Gasteiger partial charge in [0.15, 0.2) is 18.0 Å². The summed E-state index contributed by atoms with van der Waals surface area (Å²) in [7, 11) is 5.36. The van der Waals surface area contributed by atoms with Crippen LogP contribution < -0.4 is 24.3 Å². The smallest absolute Gasteiger partial charge is 0.278 e. The Morgan fingerprint density at radius 1 is 1.07 bits per heavy atom. The monoisotopic (exact) mass is 400 g/mol. The third-order valence-corrected chi connectivity index (χ3v) is 5.41. The van der Waals surface area contributed by atoms with Gasteiger partial charge in [0.05, 0.1) is 47.1 Å². The summed E-state index contributed by atoms with van der Waals surface area (Å²) in [6, 6.07) is 12.1. The van der Waals surface area contributed by atoms with Gasteiger partial charge in [0.25, 0.3) is 11.7 Å². The van der Waals surface area contributed by atoms with E-state index in [1.807, 2.05) is 35.4 Å². The van der Waals surface area contributed by atoms with Crippen LogP contribution in [0.1, 0.15) is 5.56 Å². The Morgan fingerprint density at radius 3 is 2.48 bits per heavy atom. The summed E-state index contributed by atoms with van der Waals surface area (Å²) in [5.74, 6) is 2.82. The van der Waals surface area contributed by atoms with E-state index in [2.05, 4.69) is 29.1 Å². The highest BCUT2D eigenvalue weighted by Crippen LogP contribution is 2.27. The summed E-state index contributed by atoms with van der Waals surface area (Å²) >= 11 is 0. The lowest BCUT2D eigenvalue weighted by Crippen LogP contribution is -3.10. The number of aromatic amines is 1. The number of methoxy groups -OCH3 is 2. The molecular formula is C22H32N4O3+2. The van der Waals surface area contributed by atoms with Crippen molar-refractivity contribution in [2.75, 3.05) is 65.4 Å². The molecule has 1 unspecified atom stereocenters. The molecule has 1 saturated heterocycles. The number of piperazine rings is 1. The molecule has 1 fully saturated rings. The molecule has 1 aromatic carbocycles. The number of anilines is 1. The van der Waals surface area contributed by atoms with Gasteiger partial charge in [-0.05, 0) is 23.8 Å². The zero-order valence-electron chi connectivity index (χ0n) is 17.6. The van der Waals surface area contributed by atoms with Crippen LogP contribution in [0.25, 0.3) is 0 Å². The molecule has 156 valence electrons. The van der Waals surface area contributed by atoms with Gasteiger partial charge in [-0.2, -0.15) is 0 Å². The van der Waals surface area contributed by atoms with Gasteiger partial charge < -0.3 is 19.3 Å². The van der Waals surface area contributed by atoms with Gasteiger partial charge in [0.1, 0.15) is 13.1 Å². The van der Waals surface area contributed by atoms with E-state index in [0.29, 0.717) is 6.54 Å². The van der Waals surface area contributed by atoms with E-state index < -0.39 is 0 Å². The first kappa shape index (κ1) is 20.9. The number of likely N-dealkylation sites (N-methyl/N-ethyl adjacent to an activating group) is 1. The number of quaternary nitrogens is 1. The number of hydrogen-bond acceptors (Lipinski definition) is 4. The van der Waals surface area contributed by atoms with Crippen LogP contribution in [0, 0.1) is 0 Å². The zero-order chi connectivity index (χ0) is 20.6. The molecule has 2 N–H and O–H groups in total. The number of aromatic nitrogens is 1. The fourth-order valence-corrected chi connectivity index (χ4v) is 3.63. The topological polar surface area (TPSA) is 60.6 Å². The maximum atomic E-state index is 12.7. The normalized spacial score (nSPS) is 15.1. The van der Waals surface area contributed by atoms with Gasteiger partial charge in [-0.15, -0.1) is 0 Å². The molecule has 1 aromatic heterocycles. The van der Waals surface area contributed by atoms with Crippen molar-refractivity contribution in [2.24, 2.45) is 0 Å². The average molecular weight is 401 g/mol. The van der Waals surface area contributed by atoms with E-state index in [0.717, 1.165) is 56.5 Å². The fraction of sp³-hybridized carbons (Fsp3) is 0.455. The lowest BCUT2D eigenvalue weighted by atomic mass is 10.1. The molecule has 7 nitrogen and oxygen atoms in total. The second-order valence-electron chi connectivity index (χ2n) is 7.44. The summed E-state index contributed by atoms with van der Waals surface area (Å²) in [4.78, 5) is 21.4. The maximum absolute atomic E-state index is 12.7. The minimum absolute atomic E-state index is 0.228. The molecule has 0 saturated carbocycles. The summed E-state index contributed by atoms with van der Waals surface area (Å²) < 4.78 is 10.7. The minimum Gasteiger partial charge on any atom is -0.493 e. The lowest BCUT2D eigenvalue weighted by molar-refractivity contribution is -0.871. The van der Waals surface area contributed by atoms with E-state index in [1.165, 1.54) is 10.5 Å². The van der Waals surface area contributed by atoms with E-state index >= 15 is 0 Å². The molecule has 1 aliphatic heterocycles. The quantitative estimate of drug-likeness (QED) is 0.674. The largest absolute Gasteiger partial charge is 0.493 e. The Hall–Kier alpha value is -2.80. The Morgan fingerprint density at radius 2 is 1.83 bits per heavy atom. The van der Waals surface area contributed by atoms with Gasteiger partial charge in [-0.3, -0.25) is 9.69 Å². The molecule has 1 aliphatic rings. The number of benzene rings is 1. The average Bonchev–Trinajstić information content (AvgIpc) is 2.78. The Kier molecular flexibility index (Phi) is 7.30. The summed E-state index contributed by atoms with van der Waals surface area (Å²) in [6.45, 7) is 4.66. The highest BCUT2D eigenvalue weighted by molar-refractivity contribution is 5.77. The number of pyridine rings is 1. The predicted molar refractivity (Wildman–Crippen MR) is 112 cm³/mol. The first-order valence-electron chi connectivity index (χ1n) is 10.1. The molecule has 0 radical (unpaired) electrons. The van der Waals surface area contributed by atoms with Gasteiger partial charge in [0.2, 0.25) is 0 Å². The number of amides is 1. The molecule has 2 aromatic rings. The fourth-order valence-electron chi connectivity index (χ4n) is 3.63. The van der Waals surface area contributed by atoms with E-state index in [9.17, 15) is 4.79 Å². The Balaban J connectivity index is 1.44. The number of carbonyl (C=O) groups excluding carboxylic acids is 1. The van der Waals surface area contributed by atoms with Crippen LogP contribution in [-0.2, 0) is 11.2 Å². The third kappa shape index (κ3) is 5.60. The molecule has 7 heteroatoms. The number of ether oxygens (including phenoxy) is 2. The molecule has 0 aliphatic carbocycles. The van der Waals surface area contributed by atoms with Crippen LogP contribution >= 0.6 is 0 Å². The number of carbonyl (C=O) groups is 1. The second kappa shape index (κ2) is 10.1. The molecule has 0 bridgehead atoms. The number of H-pyrrole nitrogens is 1. The summed E-state index contributed by atoms with van der Waals surface area (Å²) in [5.41, 5.74) is 1.18. The van der Waals surface area contributed by atoms with Crippen molar-refractivity contribution in [3.8, 4) is 11.5 Å². The second-order valence-corrected chi connectivity index (χ2v) is 7.44. The van der Waals surface area contributed by atoms with Crippen molar-refractivity contribution < 1.29 is 24.2 Å². The van der Waals surface area contributed by atoms with Gasteiger partial charge >= 0.3 is 0 Å². The highest BCUT2D eigenvalue weighted by atomic mass is 16.5. The van der Waals surface area contributed by atoms with Crippen LogP contribution in [0.3, 0.4) is 0 Å². The van der Waals surface area contributed by atoms with Crippen molar-refractivity contribution in [3.05, 3.63) is 48.2 Å². The molecular weight excluding hydrogens is 368 g/mol. The number of nitrogens with zero attached hydrogens (tertiary/aromatic N) is 2. The van der Waals surface area contributed by atoms with Crippen LogP contribution in [0.5, 0.6) is 11.5 Å². The number of nitrogens with one attached hydrogen (secondary N) is 2. The maximum Gasteiger partial charge on any atom is 0.278 e. The van der Waals surface area contributed by atoms with Crippen molar-refractivity contribution in [1.29, 1.82) is 0 Å². The molecule has 1 amide bonds. The van der Waals surface area contributed by atoms with E-state index in [1.54, 1.807) is 14.2 Å². The summed E-state index contributed by atoms with van der Waals surface area (Å²) in [6.07, 6.45) is 2.82. The summed E-state index contributed by atoms with van der Waals surface area (Å²) in [5, 5.41) is 0. The predicted octanol–water partition coefficient (Wildman–Crippen LogP) is -0.0761. The van der Waals surface area contributed by atoms with Crippen molar-refractivity contribution in [1.82, 2.24) is 4.90 Å².